The van der Waals surface area contributed by atoms with Crippen molar-refractivity contribution in [2.24, 2.45) is 11.8 Å². The summed E-state index contributed by atoms with van der Waals surface area (Å²) in [5.74, 6) is -2.05. The fourth-order valence-electron chi connectivity index (χ4n) is 2.79. The number of benzene rings is 1. The number of methoxy groups -OCH3 is 1. The topological polar surface area (TPSA) is 95.9 Å². The molecule has 0 spiro atoms. The van der Waals surface area contributed by atoms with Crippen LogP contribution in [0.4, 0.5) is 10.5 Å². The fourth-order valence-corrected chi connectivity index (χ4v) is 2.97. The number of carbonyl (C=O) groups excluding carboxylic acids is 2. The predicted molar refractivity (Wildman–Crippen MR) is 88.3 cm³/mol. The number of carbonyl (C=O) groups is 3. The number of carboxylic acid groups (broad SMARTS) is 1. The Bertz CT molecular complexity index is 664. The van der Waals surface area contributed by atoms with Gasteiger partial charge in [0.25, 0.3) is 0 Å². The number of amides is 2. The molecule has 1 aromatic carbocycles. The van der Waals surface area contributed by atoms with Crippen molar-refractivity contribution < 1.29 is 24.2 Å². The first-order chi connectivity index (χ1) is 11.3. The van der Waals surface area contributed by atoms with E-state index >= 15 is 0 Å². The van der Waals surface area contributed by atoms with Crippen molar-refractivity contribution in [2.45, 2.75) is 13.3 Å². The van der Waals surface area contributed by atoms with Gasteiger partial charge in [0.2, 0.25) is 0 Å². The average molecular weight is 355 g/mol. The third-order valence-corrected chi connectivity index (χ3v) is 4.16. The van der Waals surface area contributed by atoms with Crippen LogP contribution in [0.15, 0.2) is 18.2 Å². The minimum atomic E-state index is -0.916. The SMILES string of the molecule is COC(=O)c1cc(Cl)ccc1NC(=O)N1CC(C)CC(C(=O)O)C1. The summed E-state index contributed by atoms with van der Waals surface area (Å²) in [6.07, 6.45) is 0.535. The first-order valence-electron chi connectivity index (χ1n) is 7.48. The second-order valence-electron chi connectivity index (χ2n) is 5.89. The molecule has 24 heavy (non-hydrogen) atoms. The van der Waals surface area contributed by atoms with Crippen molar-refractivity contribution in [3.8, 4) is 0 Å². The van der Waals surface area contributed by atoms with Crippen LogP contribution in [0.1, 0.15) is 23.7 Å². The zero-order valence-electron chi connectivity index (χ0n) is 13.4. The van der Waals surface area contributed by atoms with Gasteiger partial charge >= 0.3 is 18.0 Å². The molecule has 2 N–H and O–H groups in total. The third-order valence-electron chi connectivity index (χ3n) is 3.92. The number of piperidine rings is 1. The lowest BCUT2D eigenvalue weighted by Gasteiger charge is -2.34. The van der Waals surface area contributed by atoms with E-state index in [-0.39, 0.29) is 23.7 Å². The van der Waals surface area contributed by atoms with E-state index in [1.54, 1.807) is 6.07 Å². The molecule has 2 rings (SSSR count). The number of urea groups is 1. The highest BCUT2D eigenvalue weighted by Crippen LogP contribution is 2.25. The molecule has 130 valence electrons. The number of hydrogen-bond acceptors (Lipinski definition) is 4. The summed E-state index contributed by atoms with van der Waals surface area (Å²) < 4.78 is 4.68. The number of anilines is 1. The number of carboxylic acids is 1. The first-order valence-corrected chi connectivity index (χ1v) is 7.86. The first kappa shape index (κ1) is 18.1. The molecule has 1 heterocycles. The number of aliphatic carboxylic acids is 1. The van der Waals surface area contributed by atoms with Crippen molar-refractivity contribution in [2.75, 3.05) is 25.5 Å². The Balaban J connectivity index is 2.17. The molecule has 0 aromatic heterocycles. The van der Waals surface area contributed by atoms with Crippen LogP contribution in [0.5, 0.6) is 0 Å². The maximum absolute atomic E-state index is 12.5. The average Bonchev–Trinajstić information content (AvgIpc) is 2.55. The van der Waals surface area contributed by atoms with E-state index in [0.29, 0.717) is 18.0 Å². The lowest BCUT2D eigenvalue weighted by Crippen LogP contribution is -2.47. The van der Waals surface area contributed by atoms with E-state index in [9.17, 15) is 19.5 Å². The Hall–Kier alpha value is -2.28. The van der Waals surface area contributed by atoms with Crippen LogP contribution < -0.4 is 5.32 Å². The van der Waals surface area contributed by atoms with Gasteiger partial charge in [0.15, 0.2) is 0 Å². The molecule has 2 unspecified atom stereocenters. The lowest BCUT2D eigenvalue weighted by molar-refractivity contribution is -0.143. The van der Waals surface area contributed by atoms with Gasteiger partial charge < -0.3 is 20.1 Å². The van der Waals surface area contributed by atoms with E-state index in [2.05, 4.69) is 10.1 Å². The lowest BCUT2D eigenvalue weighted by atomic mass is 9.91. The molecule has 1 aliphatic rings. The maximum Gasteiger partial charge on any atom is 0.340 e. The molecule has 8 heteroatoms. The van der Waals surface area contributed by atoms with Crippen molar-refractivity contribution in [1.82, 2.24) is 4.90 Å². The predicted octanol–water partition coefficient (Wildman–Crippen LogP) is 2.70. The molecule has 7 nitrogen and oxygen atoms in total. The summed E-state index contributed by atoms with van der Waals surface area (Å²) in [4.78, 5) is 36.9. The smallest absolute Gasteiger partial charge is 0.340 e. The second-order valence-corrected chi connectivity index (χ2v) is 6.33. The molecule has 1 fully saturated rings. The molecule has 0 bridgehead atoms. The minimum Gasteiger partial charge on any atom is -0.481 e. The summed E-state index contributed by atoms with van der Waals surface area (Å²) in [5, 5.41) is 12.2. The highest BCUT2D eigenvalue weighted by atomic mass is 35.5. The van der Waals surface area contributed by atoms with Gasteiger partial charge in [-0.05, 0) is 30.5 Å². The summed E-state index contributed by atoms with van der Waals surface area (Å²) >= 11 is 5.88. The molecule has 2 amide bonds. The van der Waals surface area contributed by atoms with Gasteiger partial charge in [-0.25, -0.2) is 9.59 Å². The van der Waals surface area contributed by atoms with Crippen LogP contribution in [0, 0.1) is 11.8 Å². The number of hydrogen-bond donors (Lipinski definition) is 2. The van der Waals surface area contributed by atoms with Gasteiger partial charge in [0, 0.05) is 18.1 Å². The molecular formula is C16H19ClN2O5. The molecule has 1 aliphatic heterocycles. The molecular weight excluding hydrogens is 336 g/mol. The number of nitrogens with one attached hydrogen (secondary N) is 1. The molecule has 0 saturated carbocycles. The van der Waals surface area contributed by atoms with E-state index < -0.39 is 23.9 Å². The standard InChI is InChI=1S/C16H19ClN2O5/c1-9-5-10(14(20)21)8-19(7-9)16(23)18-13-4-3-11(17)6-12(13)15(22)24-2/h3-4,6,9-10H,5,7-8H2,1-2H3,(H,18,23)(H,20,21). The number of likely N-dealkylation sites (tertiary alicyclic amines) is 1. The molecule has 2 atom stereocenters. The fraction of sp³-hybridized carbons (Fsp3) is 0.438. The Morgan fingerprint density at radius 3 is 2.67 bits per heavy atom. The summed E-state index contributed by atoms with van der Waals surface area (Å²) in [7, 11) is 1.23. The number of rotatable bonds is 3. The zero-order chi connectivity index (χ0) is 17.9. The monoisotopic (exact) mass is 354 g/mol. The summed E-state index contributed by atoms with van der Waals surface area (Å²) in [6.45, 7) is 2.49. The summed E-state index contributed by atoms with van der Waals surface area (Å²) in [6, 6.07) is 4.00. The number of ether oxygens (including phenoxy) is 1. The number of nitrogens with zero attached hydrogens (tertiary/aromatic N) is 1. The van der Waals surface area contributed by atoms with Crippen LogP contribution in [-0.2, 0) is 9.53 Å². The van der Waals surface area contributed by atoms with E-state index in [1.807, 2.05) is 6.92 Å². The molecule has 0 radical (unpaired) electrons. The quantitative estimate of drug-likeness (QED) is 0.813. The van der Waals surface area contributed by atoms with E-state index in [0.717, 1.165) is 0 Å². The van der Waals surface area contributed by atoms with Gasteiger partial charge in [-0.1, -0.05) is 18.5 Å². The summed E-state index contributed by atoms with van der Waals surface area (Å²) in [5.41, 5.74) is 0.402. The second kappa shape index (κ2) is 7.53. The van der Waals surface area contributed by atoms with Gasteiger partial charge in [-0.15, -0.1) is 0 Å². The Morgan fingerprint density at radius 1 is 1.33 bits per heavy atom. The van der Waals surface area contributed by atoms with Crippen LogP contribution in [0.3, 0.4) is 0 Å². The normalized spacial score (nSPS) is 20.4. The van der Waals surface area contributed by atoms with Gasteiger partial charge in [0.1, 0.15) is 0 Å². The largest absolute Gasteiger partial charge is 0.481 e. The highest BCUT2D eigenvalue weighted by molar-refractivity contribution is 6.31. The third kappa shape index (κ3) is 4.17. The molecule has 0 aliphatic carbocycles. The van der Waals surface area contributed by atoms with Crippen LogP contribution in [-0.4, -0.2) is 48.2 Å². The minimum absolute atomic E-state index is 0.0795. The van der Waals surface area contributed by atoms with Gasteiger partial charge in [0.05, 0.1) is 24.3 Å². The maximum atomic E-state index is 12.5. The van der Waals surface area contributed by atoms with Crippen LogP contribution >= 0.6 is 11.6 Å². The number of esters is 1. The Morgan fingerprint density at radius 2 is 2.04 bits per heavy atom. The van der Waals surface area contributed by atoms with Crippen molar-refractivity contribution in [3.05, 3.63) is 28.8 Å². The number of halogens is 1. The van der Waals surface area contributed by atoms with Gasteiger partial charge in [-0.3, -0.25) is 4.79 Å². The van der Waals surface area contributed by atoms with Crippen LogP contribution in [0.2, 0.25) is 5.02 Å². The Kier molecular flexibility index (Phi) is 5.66. The van der Waals surface area contributed by atoms with Crippen LogP contribution in [0.25, 0.3) is 0 Å². The van der Waals surface area contributed by atoms with Crippen molar-refractivity contribution in [3.63, 3.8) is 0 Å². The van der Waals surface area contributed by atoms with Crippen molar-refractivity contribution in [1.29, 1.82) is 0 Å². The highest BCUT2D eigenvalue weighted by Gasteiger charge is 2.32. The Labute approximate surface area is 144 Å². The molecule has 1 aromatic rings. The molecule has 1 saturated heterocycles. The van der Waals surface area contributed by atoms with Crippen molar-refractivity contribution >= 4 is 35.3 Å². The van der Waals surface area contributed by atoms with E-state index in [4.69, 9.17) is 11.6 Å². The van der Waals surface area contributed by atoms with E-state index in [1.165, 1.54) is 24.1 Å². The van der Waals surface area contributed by atoms with Gasteiger partial charge in [-0.2, -0.15) is 0 Å². The zero-order valence-corrected chi connectivity index (χ0v) is 14.2.